The largest absolute Gasteiger partial charge is 0.323 e. The Balaban J connectivity index is 2.04. The molecule has 0 aliphatic carbocycles. The van der Waals surface area contributed by atoms with Crippen LogP contribution < -0.4 is 5.32 Å². The first kappa shape index (κ1) is 14.6. The van der Waals surface area contributed by atoms with Gasteiger partial charge in [-0.1, -0.05) is 25.5 Å². The molecule has 5 nitrogen and oxygen atoms in total. The van der Waals surface area contributed by atoms with Crippen LogP contribution in [-0.2, 0) is 0 Å². The number of carbonyl (C=O) groups excluding carboxylic acids is 1. The summed E-state index contributed by atoms with van der Waals surface area (Å²) in [6, 6.07) is 2.05. The molecule has 2 heterocycles. The molecular weight excluding hydrogens is 252 g/mol. The summed E-state index contributed by atoms with van der Waals surface area (Å²) in [6.45, 7) is 9.98. The van der Waals surface area contributed by atoms with Crippen molar-refractivity contribution in [3.8, 4) is 0 Å². The summed E-state index contributed by atoms with van der Waals surface area (Å²) < 4.78 is 1.88. The Morgan fingerprint density at radius 1 is 1.40 bits per heavy atom. The van der Waals surface area contributed by atoms with Gasteiger partial charge in [0.15, 0.2) is 0 Å². The molecule has 0 radical (unpaired) electrons. The highest BCUT2D eigenvalue weighted by atomic mass is 16.2. The van der Waals surface area contributed by atoms with E-state index in [0.29, 0.717) is 12.5 Å². The Bertz CT molecular complexity index is 504. The Hall–Kier alpha value is -1.78. The van der Waals surface area contributed by atoms with E-state index >= 15 is 0 Å². The van der Waals surface area contributed by atoms with E-state index in [9.17, 15) is 4.79 Å². The van der Waals surface area contributed by atoms with E-state index in [1.807, 2.05) is 15.6 Å². The molecule has 0 aromatic carbocycles. The Morgan fingerprint density at radius 3 is 2.75 bits per heavy atom. The Kier molecular flexibility index (Phi) is 4.47. The summed E-state index contributed by atoms with van der Waals surface area (Å²) in [5.74, 6) is 1.23. The maximum Gasteiger partial charge on any atom is 0.323 e. The van der Waals surface area contributed by atoms with Gasteiger partial charge in [-0.15, -0.1) is 0 Å². The average molecular weight is 276 g/mol. The zero-order valence-corrected chi connectivity index (χ0v) is 12.8. The van der Waals surface area contributed by atoms with Gasteiger partial charge in [-0.05, 0) is 26.2 Å². The van der Waals surface area contributed by atoms with Crippen LogP contribution in [0.4, 0.5) is 10.6 Å². The fraction of sp³-hybridized carbons (Fsp3) is 0.600. The molecule has 0 bridgehead atoms. The van der Waals surface area contributed by atoms with Crippen molar-refractivity contribution in [1.82, 2.24) is 14.7 Å². The van der Waals surface area contributed by atoms with E-state index in [2.05, 4.69) is 44.2 Å². The monoisotopic (exact) mass is 276 g/mol. The van der Waals surface area contributed by atoms with Crippen molar-refractivity contribution >= 4 is 11.8 Å². The topological polar surface area (TPSA) is 50.2 Å². The number of carbonyl (C=O) groups is 1. The van der Waals surface area contributed by atoms with Gasteiger partial charge in [0, 0.05) is 19.2 Å². The minimum Gasteiger partial charge on any atom is -0.320 e. The number of hydrogen-bond donors (Lipinski definition) is 1. The van der Waals surface area contributed by atoms with Crippen molar-refractivity contribution in [2.45, 2.75) is 40.2 Å². The molecule has 5 heteroatoms. The fourth-order valence-electron chi connectivity index (χ4n) is 2.16. The lowest BCUT2D eigenvalue weighted by atomic mass is 10.1. The zero-order chi connectivity index (χ0) is 14.7. The van der Waals surface area contributed by atoms with Gasteiger partial charge in [0.1, 0.15) is 5.82 Å². The first-order chi connectivity index (χ1) is 9.49. The molecule has 20 heavy (non-hydrogen) atoms. The molecule has 1 aromatic heterocycles. The van der Waals surface area contributed by atoms with Gasteiger partial charge in [-0.25, -0.2) is 9.48 Å². The van der Waals surface area contributed by atoms with Gasteiger partial charge in [-0.3, -0.25) is 5.32 Å². The van der Waals surface area contributed by atoms with Crippen LogP contribution in [0.3, 0.4) is 0 Å². The summed E-state index contributed by atoms with van der Waals surface area (Å²) in [6.07, 6.45) is 4.79. The van der Waals surface area contributed by atoms with Gasteiger partial charge in [-0.2, -0.15) is 5.10 Å². The molecule has 110 valence electrons. The van der Waals surface area contributed by atoms with Crippen molar-refractivity contribution in [3.05, 3.63) is 23.9 Å². The number of nitrogens with one attached hydrogen (secondary N) is 1. The maximum atomic E-state index is 12.3. The van der Waals surface area contributed by atoms with Crippen molar-refractivity contribution < 1.29 is 4.79 Å². The average Bonchev–Trinajstić information content (AvgIpc) is 2.86. The van der Waals surface area contributed by atoms with Gasteiger partial charge in [0.05, 0.1) is 12.2 Å². The predicted molar refractivity (Wildman–Crippen MR) is 80.7 cm³/mol. The van der Waals surface area contributed by atoms with Crippen LogP contribution >= 0.6 is 0 Å². The Labute approximate surface area is 120 Å². The van der Waals surface area contributed by atoms with Gasteiger partial charge >= 0.3 is 6.03 Å². The number of rotatable bonds is 3. The van der Waals surface area contributed by atoms with E-state index in [-0.39, 0.29) is 12.1 Å². The zero-order valence-electron chi connectivity index (χ0n) is 12.8. The molecule has 0 unspecified atom stereocenters. The van der Waals surface area contributed by atoms with Crippen LogP contribution in [0.1, 0.15) is 40.2 Å². The lowest BCUT2D eigenvalue weighted by Gasteiger charge is -2.26. The van der Waals surface area contributed by atoms with Crippen LogP contribution in [0.5, 0.6) is 0 Å². The second-order valence-electron chi connectivity index (χ2n) is 5.82. The third-order valence-corrected chi connectivity index (χ3v) is 3.98. The maximum absolute atomic E-state index is 12.3. The fourth-order valence-corrected chi connectivity index (χ4v) is 2.16. The summed E-state index contributed by atoms with van der Waals surface area (Å²) in [7, 11) is 0. The van der Waals surface area contributed by atoms with Gasteiger partial charge < -0.3 is 4.90 Å². The lowest BCUT2D eigenvalue weighted by Crippen LogP contribution is -2.38. The van der Waals surface area contributed by atoms with E-state index in [1.165, 1.54) is 5.57 Å². The van der Waals surface area contributed by atoms with Crippen molar-refractivity contribution in [3.63, 3.8) is 0 Å². The standard InChI is InChI=1S/C15H24N4O/c1-11(2)13(4)19-14(5-8-16-19)17-15(20)18-9-6-12(3)7-10-18/h5-6,8,11,13H,7,9-10H2,1-4H3,(H,17,20)/t13-/m0/s1. The lowest BCUT2D eigenvalue weighted by molar-refractivity contribution is 0.215. The SMILES string of the molecule is CC1=CCN(C(=O)Nc2ccnn2[C@@H](C)C(C)C)CC1. The molecule has 1 aromatic rings. The van der Waals surface area contributed by atoms with E-state index in [4.69, 9.17) is 0 Å². The van der Waals surface area contributed by atoms with Crippen LogP contribution in [0.25, 0.3) is 0 Å². The molecule has 0 fully saturated rings. The highest BCUT2D eigenvalue weighted by Crippen LogP contribution is 2.21. The predicted octanol–water partition coefficient (Wildman–Crippen LogP) is 3.28. The second-order valence-corrected chi connectivity index (χ2v) is 5.82. The van der Waals surface area contributed by atoms with Crippen LogP contribution in [0.2, 0.25) is 0 Å². The third kappa shape index (κ3) is 3.21. The minimum absolute atomic E-state index is 0.0496. The van der Waals surface area contributed by atoms with Crippen LogP contribution in [0, 0.1) is 5.92 Å². The number of nitrogens with zero attached hydrogens (tertiary/aromatic N) is 3. The second kappa shape index (κ2) is 6.11. The van der Waals surface area contributed by atoms with Gasteiger partial charge in [0.2, 0.25) is 0 Å². The molecule has 1 atom stereocenters. The molecule has 0 saturated heterocycles. The highest BCUT2D eigenvalue weighted by Gasteiger charge is 2.19. The number of urea groups is 1. The molecule has 1 aliphatic heterocycles. The van der Waals surface area contributed by atoms with Crippen molar-refractivity contribution in [2.24, 2.45) is 5.92 Å². The molecular formula is C15H24N4O. The quantitative estimate of drug-likeness (QED) is 0.861. The molecule has 1 N–H and O–H groups in total. The van der Waals surface area contributed by atoms with Crippen LogP contribution in [-0.4, -0.2) is 33.8 Å². The Morgan fingerprint density at radius 2 is 2.15 bits per heavy atom. The molecule has 2 amide bonds. The number of amides is 2. The number of anilines is 1. The van der Waals surface area contributed by atoms with Gasteiger partial charge in [0.25, 0.3) is 0 Å². The summed E-state index contributed by atoms with van der Waals surface area (Å²) >= 11 is 0. The molecule has 2 rings (SSSR count). The van der Waals surface area contributed by atoms with E-state index in [0.717, 1.165) is 18.8 Å². The third-order valence-electron chi connectivity index (χ3n) is 3.98. The smallest absolute Gasteiger partial charge is 0.320 e. The first-order valence-electron chi connectivity index (χ1n) is 7.24. The first-order valence-corrected chi connectivity index (χ1v) is 7.24. The summed E-state index contributed by atoms with van der Waals surface area (Å²) in [5.41, 5.74) is 1.35. The van der Waals surface area contributed by atoms with E-state index < -0.39 is 0 Å². The summed E-state index contributed by atoms with van der Waals surface area (Å²) in [5, 5.41) is 7.29. The normalized spacial score (nSPS) is 17.1. The molecule has 1 aliphatic rings. The minimum atomic E-state index is -0.0496. The van der Waals surface area contributed by atoms with E-state index in [1.54, 1.807) is 6.20 Å². The molecule has 0 spiro atoms. The molecule has 0 saturated carbocycles. The highest BCUT2D eigenvalue weighted by molar-refractivity contribution is 5.88. The van der Waals surface area contributed by atoms with Crippen molar-refractivity contribution in [2.75, 3.05) is 18.4 Å². The van der Waals surface area contributed by atoms with Crippen LogP contribution in [0.15, 0.2) is 23.9 Å². The summed E-state index contributed by atoms with van der Waals surface area (Å²) in [4.78, 5) is 14.1. The number of hydrogen-bond acceptors (Lipinski definition) is 2. The van der Waals surface area contributed by atoms with Crippen molar-refractivity contribution in [1.29, 1.82) is 0 Å². The number of aromatic nitrogens is 2.